The van der Waals surface area contributed by atoms with E-state index in [0.717, 1.165) is 16.9 Å². The molecule has 0 aromatic heterocycles. The Morgan fingerprint density at radius 2 is 1.76 bits per heavy atom. The van der Waals surface area contributed by atoms with E-state index in [9.17, 15) is 18.8 Å². The summed E-state index contributed by atoms with van der Waals surface area (Å²) in [5, 5.41) is 11.7. The van der Waals surface area contributed by atoms with Crippen LogP contribution >= 0.6 is 0 Å². The van der Waals surface area contributed by atoms with E-state index < -0.39 is 29.7 Å². The van der Waals surface area contributed by atoms with E-state index in [1.54, 1.807) is 12.1 Å². The van der Waals surface area contributed by atoms with E-state index in [1.807, 2.05) is 19.1 Å². The highest BCUT2D eigenvalue weighted by Crippen LogP contribution is 2.31. The molecule has 2 unspecified atom stereocenters. The fraction of sp³-hybridized carbons (Fsp3) is 0.250. The molecule has 29 heavy (non-hydrogen) atoms. The van der Waals surface area contributed by atoms with E-state index >= 15 is 0 Å². The lowest BCUT2D eigenvalue weighted by atomic mass is 10.1. The maximum atomic E-state index is 13.2. The highest BCUT2D eigenvalue weighted by atomic mass is 19.1. The van der Waals surface area contributed by atoms with Crippen LogP contribution in [0.15, 0.2) is 58.9 Å². The number of aryl methyl sites for hydroxylation is 1. The van der Waals surface area contributed by atoms with Crippen LogP contribution in [0.4, 0.5) is 15.8 Å². The Bertz CT molecular complexity index is 990. The number of amides is 3. The summed E-state index contributed by atoms with van der Waals surface area (Å²) in [7, 11) is 0. The molecule has 3 amide bonds. The lowest BCUT2D eigenvalue weighted by Crippen LogP contribution is -2.43. The predicted molar refractivity (Wildman–Crippen MR) is 102 cm³/mol. The number of nitrogens with zero attached hydrogens (tertiary/aromatic N) is 4. The van der Waals surface area contributed by atoms with Gasteiger partial charge in [-0.25, -0.2) is 9.29 Å². The molecule has 0 aliphatic carbocycles. The van der Waals surface area contributed by atoms with E-state index in [2.05, 4.69) is 15.7 Å². The Morgan fingerprint density at radius 3 is 2.41 bits per heavy atom. The van der Waals surface area contributed by atoms with Gasteiger partial charge in [-0.1, -0.05) is 24.3 Å². The second-order valence-electron chi connectivity index (χ2n) is 6.78. The van der Waals surface area contributed by atoms with Crippen LogP contribution in [0.25, 0.3) is 0 Å². The van der Waals surface area contributed by atoms with Gasteiger partial charge in [0.2, 0.25) is 5.91 Å². The van der Waals surface area contributed by atoms with Gasteiger partial charge in [-0.05, 0) is 48.4 Å². The lowest BCUT2D eigenvalue weighted by Gasteiger charge is -2.20. The monoisotopic (exact) mass is 395 g/mol. The fourth-order valence-corrected chi connectivity index (χ4v) is 3.37. The van der Waals surface area contributed by atoms with Gasteiger partial charge in [0.05, 0.1) is 5.69 Å². The summed E-state index contributed by atoms with van der Waals surface area (Å²) in [6.45, 7) is 1.81. The number of carbonyl (C=O) groups is 3. The molecule has 2 aromatic rings. The zero-order chi connectivity index (χ0) is 20.5. The Labute approximate surface area is 166 Å². The molecule has 1 saturated heterocycles. The minimum Gasteiger partial charge on any atom is -0.324 e. The van der Waals surface area contributed by atoms with Crippen molar-refractivity contribution >= 4 is 29.1 Å². The summed E-state index contributed by atoms with van der Waals surface area (Å²) in [5.41, 5.74) is 2.03. The molecule has 1 fully saturated rings. The summed E-state index contributed by atoms with van der Waals surface area (Å²) in [6.07, 6.45) is 0.895. The first-order chi connectivity index (χ1) is 14.0. The molecular formula is C20H18FN5O3. The van der Waals surface area contributed by atoms with E-state index in [0.29, 0.717) is 5.69 Å². The van der Waals surface area contributed by atoms with Crippen molar-refractivity contribution in [2.45, 2.75) is 25.4 Å². The summed E-state index contributed by atoms with van der Waals surface area (Å²) in [6, 6.07) is 10.5. The third-order valence-electron chi connectivity index (χ3n) is 4.89. The van der Waals surface area contributed by atoms with Crippen LogP contribution in [0.5, 0.6) is 0 Å². The van der Waals surface area contributed by atoms with Crippen molar-refractivity contribution in [3.63, 3.8) is 0 Å². The largest absolute Gasteiger partial charge is 0.324 e. The lowest BCUT2D eigenvalue weighted by molar-refractivity contribution is -0.123. The van der Waals surface area contributed by atoms with Gasteiger partial charge in [-0.15, -0.1) is 0 Å². The smallest absolute Gasteiger partial charge is 0.263 e. The quantitative estimate of drug-likeness (QED) is 0.786. The Morgan fingerprint density at radius 1 is 1.07 bits per heavy atom. The molecule has 2 aromatic carbocycles. The molecule has 9 heteroatoms. The van der Waals surface area contributed by atoms with Gasteiger partial charge in [0.15, 0.2) is 12.1 Å². The van der Waals surface area contributed by atoms with Crippen LogP contribution < -0.4 is 10.2 Å². The number of hydrogen-bond donors (Lipinski definition) is 1. The highest BCUT2D eigenvalue weighted by molar-refractivity contribution is 6.25. The molecule has 0 saturated carbocycles. The first kappa shape index (κ1) is 18.7. The highest BCUT2D eigenvalue weighted by Gasteiger charge is 2.55. The fourth-order valence-electron chi connectivity index (χ4n) is 3.37. The van der Waals surface area contributed by atoms with Crippen LogP contribution in [-0.2, 0) is 20.8 Å². The first-order valence-corrected chi connectivity index (χ1v) is 9.17. The van der Waals surface area contributed by atoms with E-state index in [4.69, 9.17) is 0 Å². The van der Waals surface area contributed by atoms with Crippen LogP contribution in [0.1, 0.15) is 12.5 Å². The van der Waals surface area contributed by atoms with Gasteiger partial charge in [0.1, 0.15) is 12.4 Å². The van der Waals surface area contributed by atoms with E-state index in [-0.39, 0.29) is 18.1 Å². The topological polar surface area (TPSA) is 94.4 Å². The molecule has 8 nitrogen and oxygen atoms in total. The average molecular weight is 395 g/mol. The summed E-state index contributed by atoms with van der Waals surface area (Å²) in [4.78, 5) is 38.8. The molecule has 2 aliphatic heterocycles. The van der Waals surface area contributed by atoms with Crippen molar-refractivity contribution < 1.29 is 18.8 Å². The molecule has 148 valence electrons. The van der Waals surface area contributed by atoms with Crippen molar-refractivity contribution in [1.29, 1.82) is 0 Å². The van der Waals surface area contributed by atoms with Crippen LogP contribution in [0.2, 0.25) is 0 Å². The predicted octanol–water partition coefficient (Wildman–Crippen LogP) is 2.32. The first-order valence-electron chi connectivity index (χ1n) is 9.17. The normalized spacial score (nSPS) is 20.3. The summed E-state index contributed by atoms with van der Waals surface area (Å²) in [5.74, 6) is -1.95. The summed E-state index contributed by atoms with van der Waals surface area (Å²) >= 11 is 0. The molecular weight excluding hydrogens is 377 g/mol. The number of hydrogen-bond acceptors (Lipinski definition) is 6. The number of rotatable bonds is 5. The number of anilines is 2. The zero-order valence-corrected chi connectivity index (χ0v) is 15.6. The average Bonchev–Trinajstić information content (AvgIpc) is 3.23. The Hall–Kier alpha value is -3.62. The summed E-state index contributed by atoms with van der Waals surface area (Å²) < 4.78 is 13.2. The minimum atomic E-state index is -1.01. The molecule has 0 spiro atoms. The van der Waals surface area contributed by atoms with Crippen molar-refractivity contribution in [2.24, 2.45) is 10.3 Å². The molecule has 1 N–H and O–H groups in total. The van der Waals surface area contributed by atoms with Crippen molar-refractivity contribution in [1.82, 2.24) is 5.01 Å². The Balaban J connectivity index is 1.45. The molecule has 4 rings (SSSR count). The van der Waals surface area contributed by atoms with Crippen LogP contribution in [0.3, 0.4) is 0 Å². The number of carbonyl (C=O) groups excluding carboxylic acids is 3. The molecule has 0 bridgehead atoms. The van der Waals surface area contributed by atoms with Gasteiger partial charge in [0, 0.05) is 5.69 Å². The van der Waals surface area contributed by atoms with Gasteiger partial charge >= 0.3 is 0 Å². The number of fused-ring (bicyclic) bond motifs is 1. The number of imide groups is 1. The number of benzene rings is 2. The maximum absolute atomic E-state index is 13.2. The third-order valence-corrected chi connectivity index (χ3v) is 4.89. The third kappa shape index (κ3) is 3.46. The number of halogens is 1. The number of nitrogens with one attached hydrogen (secondary N) is 1. The molecule has 2 heterocycles. The van der Waals surface area contributed by atoms with Crippen LogP contribution in [0, 0.1) is 5.82 Å². The molecule has 2 atom stereocenters. The van der Waals surface area contributed by atoms with Gasteiger partial charge in [-0.2, -0.15) is 5.11 Å². The molecule has 0 radical (unpaired) electrons. The maximum Gasteiger partial charge on any atom is 0.263 e. The second-order valence-corrected chi connectivity index (χ2v) is 6.78. The second kappa shape index (κ2) is 7.42. The van der Waals surface area contributed by atoms with Crippen LogP contribution in [-0.4, -0.2) is 41.4 Å². The molecule has 2 aliphatic rings. The zero-order valence-electron chi connectivity index (χ0n) is 15.6. The van der Waals surface area contributed by atoms with E-state index in [1.165, 1.54) is 29.3 Å². The Kier molecular flexibility index (Phi) is 4.79. The van der Waals surface area contributed by atoms with Crippen molar-refractivity contribution in [2.75, 3.05) is 16.8 Å². The van der Waals surface area contributed by atoms with Crippen molar-refractivity contribution in [3.05, 3.63) is 59.9 Å². The standard InChI is InChI=1S/C20H18FN5O3/c1-2-12-3-7-14(8-4-12)22-16(27)11-25-18-17(23-24-25)19(28)26(20(18)29)15-9-5-13(21)6-10-15/h3-10,17-18H,2,11H2,1H3,(H,22,27). The van der Waals surface area contributed by atoms with Gasteiger partial charge in [-0.3, -0.25) is 19.4 Å². The van der Waals surface area contributed by atoms with Gasteiger partial charge < -0.3 is 5.32 Å². The minimum absolute atomic E-state index is 0.226. The van der Waals surface area contributed by atoms with Gasteiger partial charge in [0.25, 0.3) is 11.8 Å². The SMILES string of the molecule is CCc1ccc(NC(=O)CN2N=NC3C(=O)N(c4ccc(F)cc4)C(=O)C32)cc1. The van der Waals surface area contributed by atoms with Crippen molar-refractivity contribution in [3.8, 4) is 0 Å².